The predicted octanol–water partition coefficient (Wildman–Crippen LogP) is 1.96. The minimum atomic E-state index is -0.757. The van der Waals surface area contributed by atoms with Crippen molar-refractivity contribution in [1.82, 2.24) is 4.90 Å². The molecule has 1 aliphatic rings. The number of ketones is 1. The number of likely N-dealkylation sites (tertiary alicyclic amines) is 1. The summed E-state index contributed by atoms with van der Waals surface area (Å²) in [5.41, 5.74) is 0.253. The zero-order chi connectivity index (χ0) is 16.1. The molecule has 0 bridgehead atoms. The maximum atomic E-state index is 12.1. The molecule has 1 aromatic rings. The summed E-state index contributed by atoms with van der Waals surface area (Å²) in [6.45, 7) is 1.88. The third-order valence-corrected chi connectivity index (χ3v) is 3.97. The van der Waals surface area contributed by atoms with Crippen LogP contribution in [0.15, 0.2) is 24.3 Å². The van der Waals surface area contributed by atoms with Crippen LogP contribution < -0.4 is 0 Å². The summed E-state index contributed by atoms with van der Waals surface area (Å²) in [6.07, 6.45) is 1.47. The third-order valence-electron chi connectivity index (χ3n) is 3.97. The summed E-state index contributed by atoms with van der Waals surface area (Å²) in [5.74, 6) is -1.18. The molecule has 0 unspecified atom stereocenters. The second-order valence-electron chi connectivity index (χ2n) is 5.43. The summed E-state index contributed by atoms with van der Waals surface area (Å²) in [6, 6.07) is 5.72. The molecular weight excluding hydrogens is 288 g/mol. The molecule has 0 spiro atoms. The van der Waals surface area contributed by atoms with Gasteiger partial charge >= 0.3 is 5.97 Å². The van der Waals surface area contributed by atoms with Crippen molar-refractivity contribution in [3.05, 3.63) is 39.9 Å². The van der Waals surface area contributed by atoms with E-state index >= 15 is 0 Å². The number of carbonyl (C=O) groups is 2. The van der Waals surface area contributed by atoms with Gasteiger partial charge in [0.15, 0.2) is 5.78 Å². The normalized spacial score (nSPS) is 16.4. The number of nitro groups is 1. The lowest BCUT2D eigenvalue weighted by Crippen LogP contribution is -2.37. The highest BCUT2D eigenvalue weighted by atomic mass is 16.6. The minimum absolute atomic E-state index is 0.0897. The van der Waals surface area contributed by atoms with Crippen molar-refractivity contribution < 1.29 is 19.6 Å². The highest BCUT2D eigenvalue weighted by molar-refractivity contribution is 5.96. The van der Waals surface area contributed by atoms with E-state index in [0.29, 0.717) is 38.0 Å². The lowest BCUT2D eigenvalue weighted by Gasteiger charge is -2.29. The number of nitrogens with zero attached hydrogens (tertiary/aromatic N) is 2. The fourth-order valence-electron chi connectivity index (χ4n) is 2.60. The first kappa shape index (κ1) is 16.1. The SMILES string of the molecule is O=C(CCN1CCC(C(=O)O)CC1)c1cccc([N+](=O)[O-])c1. The van der Waals surface area contributed by atoms with Crippen molar-refractivity contribution in [2.24, 2.45) is 5.92 Å². The number of nitro benzene ring substituents is 1. The van der Waals surface area contributed by atoms with Crippen molar-refractivity contribution in [3.63, 3.8) is 0 Å². The largest absolute Gasteiger partial charge is 0.481 e. The molecule has 0 amide bonds. The predicted molar refractivity (Wildman–Crippen MR) is 78.8 cm³/mol. The number of hydrogen-bond acceptors (Lipinski definition) is 5. The van der Waals surface area contributed by atoms with Crippen molar-refractivity contribution in [2.75, 3.05) is 19.6 Å². The van der Waals surface area contributed by atoms with Gasteiger partial charge in [-0.05, 0) is 25.9 Å². The maximum absolute atomic E-state index is 12.1. The number of carboxylic acids is 1. The molecule has 7 heteroatoms. The Labute approximate surface area is 127 Å². The fraction of sp³-hybridized carbons (Fsp3) is 0.467. The molecule has 1 fully saturated rings. The summed E-state index contributed by atoms with van der Waals surface area (Å²) in [4.78, 5) is 35.2. The molecule has 1 aliphatic heterocycles. The monoisotopic (exact) mass is 306 g/mol. The Morgan fingerprint density at radius 2 is 2.00 bits per heavy atom. The van der Waals surface area contributed by atoms with Crippen molar-refractivity contribution in [1.29, 1.82) is 0 Å². The number of carboxylic acid groups (broad SMARTS) is 1. The van der Waals surface area contributed by atoms with Crippen LogP contribution in [0.25, 0.3) is 0 Å². The Balaban J connectivity index is 1.85. The Bertz CT molecular complexity index is 579. The van der Waals surface area contributed by atoms with E-state index in [9.17, 15) is 19.7 Å². The lowest BCUT2D eigenvalue weighted by atomic mass is 9.97. The number of benzene rings is 1. The third kappa shape index (κ3) is 4.11. The average Bonchev–Trinajstić information content (AvgIpc) is 2.53. The van der Waals surface area contributed by atoms with Gasteiger partial charge in [-0.3, -0.25) is 19.7 Å². The molecule has 0 radical (unpaired) electrons. The van der Waals surface area contributed by atoms with Crippen LogP contribution in [0.5, 0.6) is 0 Å². The van der Waals surface area contributed by atoms with Crippen LogP contribution in [0.2, 0.25) is 0 Å². The number of Topliss-reactive ketones (excluding diaryl/α,β-unsaturated/α-hetero) is 1. The second kappa shape index (κ2) is 7.13. The molecule has 22 heavy (non-hydrogen) atoms. The summed E-state index contributed by atoms with van der Waals surface area (Å²) in [5, 5.41) is 19.6. The molecule has 0 aromatic heterocycles. The van der Waals surface area contributed by atoms with Gasteiger partial charge in [0.05, 0.1) is 10.8 Å². The Hall–Kier alpha value is -2.28. The Morgan fingerprint density at radius 1 is 1.32 bits per heavy atom. The highest BCUT2D eigenvalue weighted by Crippen LogP contribution is 2.18. The van der Waals surface area contributed by atoms with Crippen molar-refractivity contribution in [3.8, 4) is 0 Å². The molecule has 1 aromatic carbocycles. The van der Waals surface area contributed by atoms with E-state index in [1.807, 2.05) is 0 Å². The first-order valence-electron chi connectivity index (χ1n) is 7.20. The van der Waals surface area contributed by atoms with Gasteiger partial charge in [-0.25, -0.2) is 0 Å². The highest BCUT2D eigenvalue weighted by Gasteiger charge is 2.24. The zero-order valence-electron chi connectivity index (χ0n) is 12.1. The molecular formula is C15H18N2O5. The molecule has 0 atom stereocenters. The van der Waals surface area contributed by atoms with E-state index in [2.05, 4.69) is 4.90 Å². The number of piperidine rings is 1. The van der Waals surface area contributed by atoms with Crippen LogP contribution in [0.1, 0.15) is 29.6 Å². The Kier molecular flexibility index (Phi) is 5.21. The van der Waals surface area contributed by atoms with Crippen LogP contribution in [-0.2, 0) is 4.79 Å². The number of non-ortho nitro benzene ring substituents is 1. The first-order valence-corrected chi connectivity index (χ1v) is 7.20. The number of hydrogen-bond donors (Lipinski definition) is 1. The van der Waals surface area contributed by atoms with Crippen LogP contribution in [0.4, 0.5) is 5.69 Å². The van der Waals surface area contributed by atoms with E-state index in [0.717, 1.165) is 0 Å². The first-order chi connectivity index (χ1) is 10.5. The molecule has 0 aliphatic carbocycles. The molecule has 7 nitrogen and oxygen atoms in total. The van der Waals surface area contributed by atoms with Crippen LogP contribution in [0.3, 0.4) is 0 Å². The van der Waals surface area contributed by atoms with E-state index in [1.165, 1.54) is 18.2 Å². The van der Waals surface area contributed by atoms with Gasteiger partial charge in [0.2, 0.25) is 0 Å². The van der Waals surface area contributed by atoms with Gasteiger partial charge < -0.3 is 10.0 Å². The lowest BCUT2D eigenvalue weighted by molar-refractivity contribution is -0.384. The van der Waals surface area contributed by atoms with Gasteiger partial charge in [0.1, 0.15) is 0 Å². The van der Waals surface area contributed by atoms with Crippen molar-refractivity contribution >= 4 is 17.4 Å². The topological polar surface area (TPSA) is 101 Å². The van der Waals surface area contributed by atoms with E-state index in [4.69, 9.17) is 5.11 Å². The molecule has 118 valence electrons. The molecule has 2 rings (SSSR count). The van der Waals surface area contributed by atoms with E-state index < -0.39 is 10.9 Å². The number of carbonyl (C=O) groups excluding carboxylic acids is 1. The minimum Gasteiger partial charge on any atom is -0.481 e. The average molecular weight is 306 g/mol. The summed E-state index contributed by atoms with van der Waals surface area (Å²) < 4.78 is 0. The summed E-state index contributed by atoms with van der Waals surface area (Å²) in [7, 11) is 0. The smallest absolute Gasteiger partial charge is 0.306 e. The van der Waals surface area contributed by atoms with Crippen molar-refractivity contribution in [2.45, 2.75) is 19.3 Å². The maximum Gasteiger partial charge on any atom is 0.306 e. The van der Waals surface area contributed by atoms with Gasteiger partial charge in [-0.2, -0.15) is 0 Å². The molecule has 1 heterocycles. The van der Waals surface area contributed by atoms with Gasteiger partial charge in [0.25, 0.3) is 5.69 Å². The van der Waals surface area contributed by atoms with Gasteiger partial charge in [-0.15, -0.1) is 0 Å². The number of rotatable bonds is 6. The summed E-state index contributed by atoms with van der Waals surface area (Å²) >= 11 is 0. The zero-order valence-corrected chi connectivity index (χ0v) is 12.1. The van der Waals surface area contributed by atoms with Crippen LogP contribution in [-0.4, -0.2) is 46.3 Å². The fourth-order valence-corrected chi connectivity index (χ4v) is 2.60. The van der Waals surface area contributed by atoms with E-state index in [-0.39, 0.29) is 23.8 Å². The number of aliphatic carboxylic acids is 1. The molecule has 0 saturated carbocycles. The standard InChI is InChI=1S/C15H18N2O5/c18-14(12-2-1-3-13(10-12)17(21)22)6-9-16-7-4-11(5-8-16)15(19)20/h1-3,10-11H,4-9H2,(H,19,20). The second-order valence-corrected chi connectivity index (χ2v) is 5.43. The van der Waals surface area contributed by atoms with Crippen LogP contribution in [0, 0.1) is 16.0 Å². The van der Waals surface area contributed by atoms with Crippen LogP contribution >= 0.6 is 0 Å². The van der Waals surface area contributed by atoms with Gasteiger partial charge in [-0.1, -0.05) is 12.1 Å². The van der Waals surface area contributed by atoms with E-state index in [1.54, 1.807) is 6.07 Å². The van der Waals surface area contributed by atoms with Gasteiger partial charge in [0, 0.05) is 30.7 Å². The molecule has 1 N–H and O–H groups in total. The quantitative estimate of drug-likeness (QED) is 0.490. The Morgan fingerprint density at radius 3 is 2.59 bits per heavy atom. The molecule has 1 saturated heterocycles.